The lowest BCUT2D eigenvalue weighted by atomic mass is 9.97. The van der Waals surface area contributed by atoms with Gasteiger partial charge < -0.3 is 15.0 Å². The van der Waals surface area contributed by atoms with E-state index in [0.29, 0.717) is 6.54 Å². The fourth-order valence-electron chi connectivity index (χ4n) is 3.17. The largest absolute Gasteiger partial charge is 0.469 e. The summed E-state index contributed by atoms with van der Waals surface area (Å²) < 4.78 is 4.87. The second-order valence-corrected chi connectivity index (χ2v) is 7.32. The molecule has 1 fully saturated rings. The molecule has 152 valence electrons. The summed E-state index contributed by atoms with van der Waals surface area (Å²) in [7, 11) is 1.46. The summed E-state index contributed by atoms with van der Waals surface area (Å²) in [6.07, 6.45) is 1.60. The molecule has 0 spiro atoms. The van der Waals surface area contributed by atoms with Crippen molar-refractivity contribution < 1.29 is 9.53 Å². The van der Waals surface area contributed by atoms with Crippen molar-refractivity contribution in [3.05, 3.63) is 41.4 Å². The van der Waals surface area contributed by atoms with Crippen molar-refractivity contribution in [3.63, 3.8) is 0 Å². The summed E-state index contributed by atoms with van der Waals surface area (Å²) in [5.41, 5.74) is 2.10. The maximum absolute atomic E-state index is 11.7. The van der Waals surface area contributed by atoms with Crippen LogP contribution < -0.4 is 5.32 Å². The molecule has 2 aromatic rings. The maximum atomic E-state index is 11.7. The molecule has 1 aliphatic heterocycles. The second kappa shape index (κ2) is 11.4. The number of halogens is 1. The van der Waals surface area contributed by atoms with Crippen LogP contribution in [0.4, 0.5) is 0 Å². The van der Waals surface area contributed by atoms with Gasteiger partial charge in [-0.15, -0.1) is 35.3 Å². The Morgan fingerprint density at radius 3 is 2.68 bits per heavy atom. The number of nitrogens with one attached hydrogen (secondary N) is 1. The molecule has 0 aliphatic carbocycles. The summed E-state index contributed by atoms with van der Waals surface area (Å²) in [4.78, 5) is 23.4. The van der Waals surface area contributed by atoms with Crippen LogP contribution in [0, 0.1) is 5.92 Å². The molecule has 6 nitrogen and oxygen atoms in total. The van der Waals surface area contributed by atoms with Gasteiger partial charge >= 0.3 is 5.97 Å². The molecule has 0 radical (unpaired) electrons. The van der Waals surface area contributed by atoms with Gasteiger partial charge in [0.25, 0.3) is 0 Å². The van der Waals surface area contributed by atoms with Crippen molar-refractivity contribution in [2.45, 2.75) is 26.3 Å². The van der Waals surface area contributed by atoms with Crippen LogP contribution in [0.25, 0.3) is 10.6 Å². The van der Waals surface area contributed by atoms with E-state index in [9.17, 15) is 4.79 Å². The number of thiazole rings is 1. The first-order chi connectivity index (χ1) is 13.2. The fraction of sp³-hybridized carbons (Fsp3) is 0.450. The van der Waals surface area contributed by atoms with Gasteiger partial charge in [-0.3, -0.25) is 4.79 Å². The summed E-state index contributed by atoms with van der Waals surface area (Å²) in [5, 5.41) is 6.44. The number of hydrogen-bond acceptors (Lipinski definition) is 5. The standard InChI is InChI=1S/C20H26N4O2S.HI/c1-3-21-20(24-11-9-16(10-12-24)19(25)26-2)22-13-17-14-27-18(23-17)15-7-5-4-6-8-15;/h4-8,14,16H,3,9-13H2,1-2H3,(H,21,22);1H. The number of carbonyl (C=O) groups is 1. The van der Waals surface area contributed by atoms with E-state index in [1.807, 2.05) is 18.2 Å². The molecule has 3 rings (SSSR count). The summed E-state index contributed by atoms with van der Waals surface area (Å²) >= 11 is 1.64. The van der Waals surface area contributed by atoms with Crippen LogP contribution in [0.5, 0.6) is 0 Å². The maximum Gasteiger partial charge on any atom is 0.308 e. The molecule has 0 atom stereocenters. The Morgan fingerprint density at radius 2 is 2.04 bits per heavy atom. The van der Waals surface area contributed by atoms with Gasteiger partial charge in [0.15, 0.2) is 5.96 Å². The number of esters is 1. The Morgan fingerprint density at radius 1 is 1.32 bits per heavy atom. The Labute approximate surface area is 187 Å². The van der Waals surface area contributed by atoms with Gasteiger partial charge in [-0.2, -0.15) is 0 Å². The second-order valence-electron chi connectivity index (χ2n) is 6.46. The Bertz CT molecular complexity index is 774. The topological polar surface area (TPSA) is 66.8 Å². The van der Waals surface area contributed by atoms with E-state index >= 15 is 0 Å². The zero-order valence-corrected chi connectivity index (χ0v) is 19.4. The van der Waals surface area contributed by atoms with Gasteiger partial charge in [0.05, 0.1) is 25.3 Å². The number of rotatable bonds is 5. The number of aromatic nitrogens is 1. The Kier molecular flexibility index (Phi) is 9.17. The smallest absolute Gasteiger partial charge is 0.308 e. The van der Waals surface area contributed by atoms with Crippen LogP contribution >= 0.6 is 35.3 Å². The monoisotopic (exact) mass is 514 g/mol. The third kappa shape index (κ3) is 5.91. The van der Waals surface area contributed by atoms with E-state index in [1.165, 1.54) is 7.11 Å². The van der Waals surface area contributed by atoms with E-state index in [-0.39, 0.29) is 35.9 Å². The molecule has 0 unspecified atom stereocenters. The minimum Gasteiger partial charge on any atom is -0.469 e. The highest BCUT2D eigenvalue weighted by Crippen LogP contribution is 2.24. The number of ether oxygens (including phenoxy) is 1. The van der Waals surface area contributed by atoms with Gasteiger partial charge in [0.2, 0.25) is 0 Å². The molecule has 1 N–H and O–H groups in total. The van der Waals surface area contributed by atoms with Crippen LogP contribution in [0.15, 0.2) is 40.7 Å². The van der Waals surface area contributed by atoms with Gasteiger partial charge in [0, 0.05) is 30.6 Å². The van der Waals surface area contributed by atoms with Crippen molar-refractivity contribution >= 4 is 47.2 Å². The fourth-order valence-corrected chi connectivity index (χ4v) is 3.99. The summed E-state index contributed by atoms with van der Waals surface area (Å²) in [6.45, 7) is 5.02. The van der Waals surface area contributed by atoms with Crippen LogP contribution in [0.3, 0.4) is 0 Å². The zero-order valence-electron chi connectivity index (χ0n) is 16.3. The van der Waals surface area contributed by atoms with Gasteiger partial charge in [-0.1, -0.05) is 30.3 Å². The van der Waals surface area contributed by atoms with Gasteiger partial charge in [0.1, 0.15) is 5.01 Å². The number of benzene rings is 1. The van der Waals surface area contributed by atoms with Crippen molar-refractivity contribution in [2.24, 2.45) is 10.9 Å². The van der Waals surface area contributed by atoms with Crippen molar-refractivity contribution in [1.82, 2.24) is 15.2 Å². The molecule has 1 aromatic heterocycles. The predicted octanol–water partition coefficient (Wildman–Crippen LogP) is 3.78. The van der Waals surface area contributed by atoms with Crippen LogP contribution in [-0.2, 0) is 16.1 Å². The number of piperidine rings is 1. The zero-order chi connectivity index (χ0) is 19.1. The van der Waals surface area contributed by atoms with Crippen LogP contribution in [0.1, 0.15) is 25.5 Å². The number of aliphatic imine (C=N–C) groups is 1. The third-order valence-electron chi connectivity index (χ3n) is 4.63. The molecule has 28 heavy (non-hydrogen) atoms. The van der Waals surface area contributed by atoms with Crippen LogP contribution in [-0.4, -0.2) is 48.6 Å². The predicted molar refractivity (Wildman–Crippen MR) is 124 cm³/mol. The summed E-state index contributed by atoms with van der Waals surface area (Å²) in [6, 6.07) is 10.2. The van der Waals surface area contributed by atoms with E-state index in [2.05, 4.69) is 34.7 Å². The SMILES string of the molecule is CCNC(=NCc1csc(-c2ccccc2)n1)N1CCC(C(=O)OC)CC1.I. The Balaban J connectivity index is 0.00000280. The third-order valence-corrected chi connectivity index (χ3v) is 5.57. The van der Waals surface area contributed by atoms with Crippen molar-refractivity contribution in [1.29, 1.82) is 0 Å². The highest BCUT2D eigenvalue weighted by molar-refractivity contribution is 14.0. The number of methoxy groups -OCH3 is 1. The molecule has 1 aromatic carbocycles. The number of carbonyl (C=O) groups excluding carboxylic acids is 1. The molecule has 8 heteroatoms. The molecule has 1 aliphatic rings. The molecule has 1 saturated heterocycles. The first-order valence-corrected chi connectivity index (χ1v) is 10.2. The van der Waals surface area contributed by atoms with E-state index in [1.54, 1.807) is 11.3 Å². The van der Waals surface area contributed by atoms with Crippen molar-refractivity contribution in [3.8, 4) is 10.6 Å². The van der Waals surface area contributed by atoms with E-state index in [0.717, 1.165) is 54.7 Å². The van der Waals surface area contributed by atoms with Gasteiger partial charge in [-0.25, -0.2) is 9.98 Å². The Hall–Kier alpha value is -1.68. The van der Waals surface area contributed by atoms with E-state index in [4.69, 9.17) is 14.7 Å². The first-order valence-electron chi connectivity index (χ1n) is 9.32. The molecule has 0 bridgehead atoms. The molecular weight excluding hydrogens is 487 g/mol. The van der Waals surface area contributed by atoms with Crippen molar-refractivity contribution in [2.75, 3.05) is 26.7 Å². The average Bonchev–Trinajstić information content (AvgIpc) is 3.20. The minimum absolute atomic E-state index is 0. The lowest BCUT2D eigenvalue weighted by Gasteiger charge is -2.33. The molecule has 0 saturated carbocycles. The number of guanidine groups is 1. The highest BCUT2D eigenvalue weighted by Gasteiger charge is 2.26. The lowest BCUT2D eigenvalue weighted by molar-refractivity contribution is -0.146. The number of hydrogen-bond donors (Lipinski definition) is 1. The molecular formula is C20H27IN4O2S. The van der Waals surface area contributed by atoms with E-state index < -0.39 is 0 Å². The number of nitrogens with zero attached hydrogens (tertiary/aromatic N) is 3. The minimum atomic E-state index is -0.104. The quantitative estimate of drug-likeness (QED) is 0.285. The average molecular weight is 514 g/mol. The van der Waals surface area contributed by atoms with Crippen LogP contribution in [0.2, 0.25) is 0 Å². The lowest BCUT2D eigenvalue weighted by Crippen LogP contribution is -2.46. The number of likely N-dealkylation sites (tertiary alicyclic amines) is 1. The highest BCUT2D eigenvalue weighted by atomic mass is 127. The van der Waals surface area contributed by atoms with Gasteiger partial charge in [-0.05, 0) is 19.8 Å². The molecule has 0 amide bonds. The summed E-state index contributed by atoms with van der Waals surface area (Å²) in [5.74, 6) is 0.781. The first kappa shape index (κ1) is 22.6. The molecule has 2 heterocycles. The normalized spacial score (nSPS) is 15.1.